The van der Waals surface area contributed by atoms with Crippen LogP contribution in [0.3, 0.4) is 0 Å². The second kappa shape index (κ2) is 4.49. The molecule has 0 spiro atoms. The van der Waals surface area contributed by atoms with E-state index in [0.717, 1.165) is 11.8 Å². The van der Waals surface area contributed by atoms with Crippen LogP contribution in [0.4, 0.5) is 4.79 Å². The Morgan fingerprint density at radius 2 is 2.00 bits per heavy atom. The van der Waals surface area contributed by atoms with Crippen LogP contribution in [-0.2, 0) is 4.79 Å². The van der Waals surface area contributed by atoms with E-state index in [1.54, 1.807) is 24.3 Å². The molecular weight excluding hydrogens is 269 g/mol. The van der Waals surface area contributed by atoms with Crippen LogP contribution in [0, 0.1) is 0 Å². The van der Waals surface area contributed by atoms with E-state index < -0.39 is 5.91 Å². The maximum atomic E-state index is 11.3. The molecule has 0 saturated carbocycles. The first-order valence-corrected chi connectivity index (χ1v) is 5.84. The minimum atomic E-state index is -0.411. The van der Waals surface area contributed by atoms with E-state index in [2.05, 4.69) is 5.32 Å². The highest BCUT2D eigenvalue weighted by Crippen LogP contribution is 2.31. The van der Waals surface area contributed by atoms with Gasteiger partial charge in [0.05, 0.1) is 15.0 Å². The number of carbonyl (C=O) groups excluding carboxylic acids is 2. The fraction of sp³-hybridized carbons (Fsp3) is 0. The Hall–Kier alpha value is -0.970. The Labute approximate surface area is 106 Å². The van der Waals surface area contributed by atoms with Crippen molar-refractivity contribution in [3.8, 4) is 0 Å². The zero-order valence-corrected chi connectivity index (χ0v) is 10.1. The molecule has 1 N–H and O–H groups in total. The minimum Gasteiger partial charge on any atom is -0.282 e. The molecule has 6 heteroatoms. The van der Waals surface area contributed by atoms with E-state index >= 15 is 0 Å². The van der Waals surface area contributed by atoms with Gasteiger partial charge in [-0.1, -0.05) is 35.3 Å². The van der Waals surface area contributed by atoms with E-state index in [-0.39, 0.29) is 5.24 Å². The van der Waals surface area contributed by atoms with Gasteiger partial charge in [-0.25, -0.2) is 0 Å². The van der Waals surface area contributed by atoms with Gasteiger partial charge in [0, 0.05) is 0 Å². The van der Waals surface area contributed by atoms with Crippen molar-refractivity contribution in [2.45, 2.75) is 0 Å². The van der Waals surface area contributed by atoms with Gasteiger partial charge in [-0.2, -0.15) is 0 Å². The third-order valence-electron chi connectivity index (χ3n) is 1.91. The minimum absolute atomic E-state index is 0.314. The Kier molecular flexibility index (Phi) is 3.23. The SMILES string of the molecule is O=C1NC(=O)/C(=C\c2cccc(Cl)c2Cl)S1. The van der Waals surface area contributed by atoms with Crippen LogP contribution in [0.1, 0.15) is 5.56 Å². The summed E-state index contributed by atoms with van der Waals surface area (Å²) in [6.07, 6.45) is 1.54. The molecule has 1 aliphatic heterocycles. The lowest BCUT2D eigenvalue weighted by Gasteiger charge is -2.00. The van der Waals surface area contributed by atoms with Gasteiger partial charge in [0.25, 0.3) is 11.1 Å². The number of benzene rings is 1. The van der Waals surface area contributed by atoms with Crippen LogP contribution < -0.4 is 5.32 Å². The van der Waals surface area contributed by atoms with Crippen molar-refractivity contribution < 1.29 is 9.59 Å². The summed E-state index contributed by atoms with van der Waals surface area (Å²) in [5.41, 5.74) is 0.613. The van der Waals surface area contributed by atoms with Gasteiger partial charge in [-0.15, -0.1) is 0 Å². The van der Waals surface area contributed by atoms with Crippen LogP contribution >= 0.6 is 35.0 Å². The highest BCUT2D eigenvalue weighted by atomic mass is 35.5. The summed E-state index contributed by atoms with van der Waals surface area (Å²) >= 11 is 12.6. The zero-order chi connectivity index (χ0) is 11.7. The lowest BCUT2D eigenvalue weighted by molar-refractivity contribution is -0.115. The zero-order valence-electron chi connectivity index (χ0n) is 7.79. The lowest BCUT2D eigenvalue weighted by atomic mass is 10.2. The molecule has 1 heterocycles. The van der Waals surface area contributed by atoms with Gasteiger partial charge < -0.3 is 0 Å². The molecule has 1 aliphatic rings. The molecule has 82 valence electrons. The lowest BCUT2D eigenvalue weighted by Crippen LogP contribution is -2.17. The number of imide groups is 1. The van der Waals surface area contributed by atoms with E-state index in [1.165, 1.54) is 0 Å². The first-order chi connectivity index (χ1) is 7.58. The molecule has 0 radical (unpaired) electrons. The summed E-state index contributed by atoms with van der Waals surface area (Å²) < 4.78 is 0. The largest absolute Gasteiger partial charge is 0.290 e. The molecule has 16 heavy (non-hydrogen) atoms. The topological polar surface area (TPSA) is 46.2 Å². The normalized spacial score (nSPS) is 18.0. The molecule has 2 rings (SSSR count). The predicted molar refractivity (Wildman–Crippen MR) is 65.6 cm³/mol. The smallest absolute Gasteiger partial charge is 0.282 e. The standard InChI is InChI=1S/C10H5Cl2NO2S/c11-6-3-1-2-5(8(6)12)4-7-9(14)13-10(15)16-7/h1-4H,(H,13,14,15)/b7-4+. The molecule has 1 aromatic rings. The summed E-state index contributed by atoms with van der Waals surface area (Å²) in [6.45, 7) is 0. The third-order valence-corrected chi connectivity index (χ3v) is 3.55. The van der Waals surface area contributed by atoms with Crippen LogP contribution in [-0.4, -0.2) is 11.1 Å². The average Bonchev–Trinajstić information content (AvgIpc) is 2.53. The third kappa shape index (κ3) is 2.24. The maximum absolute atomic E-state index is 11.3. The van der Waals surface area contributed by atoms with Crippen LogP contribution in [0.25, 0.3) is 6.08 Å². The van der Waals surface area contributed by atoms with Gasteiger partial charge in [-0.3, -0.25) is 14.9 Å². The Morgan fingerprint density at radius 1 is 1.25 bits per heavy atom. The maximum Gasteiger partial charge on any atom is 0.290 e. The van der Waals surface area contributed by atoms with Crippen molar-refractivity contribution in [3.05, 3.63) is 38.7 Å². The van der Waals surface area contributed by atoms with Crippen molar-refractivity contribution >= 4 is 52.2 Å². The highest BCUT2D eigenvalue weighted by molar-refractivity contribution is 8.18. The molecule has 1 saturated heterocycles. The van der Waals surface area contributed by atoms with E-state index in [4.69, 9.17) is 23.2 Å². The number of thioether (sulfide) groups is 1. The molecule has 2 amide bonds. The van der Waals surface area contributed by atoms with Crippen LogP contribution in [0.2, 0.25) is 10.0 Å². The summed E-state index contributed by atoms with van der Waals surface area (Å²) in [5.74, 6) is -0.411. The first kappa shape index (κ1) is 11.5. The summed E-state index contributed by atoms with van der Waals surface area (Å²) in [6, 6.07) is 5.09. The number of hydrogen-bond acceptors (Lipinski definition) is 3. The molecule has 3 nitrogen and oxygen atoms in total. The molecule has 0 bridgehead atoms. The van der Waals surface area contributed by atoms with Crippen molar-refractivity contribution in [3.63, 3.8) is 0 Å². The van der Waals surface area contributed by atoms with Gasteiger partial charge in [0.1, 0.15) is 0 Å². The number of rotatable bonds is 1. The molecule has 0 atom stereocenters. The Bertz CT molecular complexity index is 514. The fourth-order valence-electron chi connectivity index (χ4n) is 1.19. The molecule has 0 aromatic heterocycles. The second-order valence-corrected chi connectivity index (χ2v) is 4.80. The number of carbonyl (C=O) groups is 2. The molecule has 0 aliphatic carbocycles. The van der Waals surface area contributed by atoms with Crippen molar-refractivity contribution in [2.24, 2.45) is 0 Å². The Morgan fingerprint density at radius 3 is 2.62 bits per heavy atom. The van der Waals surface area contributed by atoms with E-state index in [1.807, 2.05) is 0 Å². The molecule has 1 aromatic carbocycles. The number of amides is 2. The monoisotopic (exact) mass is 273 g/mol. The number of halogens is 2. The van der Waals surface area contributed by atoms with Crippen molar-refractivity contribution in [2.75, 3.05) is 0 Å². The molecule has 1 fully saturated rings. The number of nitrogens with one attached hydrogen (secondary N) is 1. The average molecular weight is 274 g/mol. The molecule has 0 unspecified atom stereocenters. The number of hydrogen-bond donors (Lipinski definition) is 1. The summed E-state index contributed by atoms with van der Waals surface area (Å²) in [4.78, 5) is 22.5. The van der Waals surface area contributed by atoms with Gasteiger partial charge >= 0.3 is 0 Å². The van der Waals surface area contributed by atoms with Crippen molar-refractivity contribution in [1.82, 2.24) is 5.32 Å². The second-order valence-electron chi connectivity index (χ2n) is 3.00. The van der Waals surface area contributed by atoms with Gasteiger partial charge in [0.15, 0.2) is 0 Å². The van der Waals surface area contributed by atoms with Crippen molar-refractivity contribution in [1.29, 1.82) is 0 Å². The summed E-state index contributed by atoms with van der Waals surface area (Å²) in [5, 5.41) is 2.56. The van der Waals surface area contributed by atoms with Crippen LogP contribution in [0.15, 0.2) is 23.1 Å². The van der Waals surface area contributed by atoms with E-state index in [0.29, 0.717) is 20.5 Å². The quantitative estimate of drug-likeness (QED) is 0.799. The van der Waals surface area contributed by atoms with Gasteiger partial charge in [-0.05, 0) is 29.5 Å². The fourth-order valence-corrected chi connectivity index (χ4v) is 2.23. The predicted octanol–water partition coefficient (Wildman–Crippen LogP) is 3.32. The molecular formula is C10H5Cl2NO2S. The first-order valence-electron chi connectivity index (χ1n) is 4.27. The summed E-state index contributed by atoms with van der Waals surface area (Å²) in [7, 11) is 0. The van der Waals surface area contributed by atoms with E-state index in [9.17, 15) is 9.59 Å². The van der Waals surface area contributed by atoms with Gasteiger partial charge in [0.2, 0.25) is 0 Å². The highest BCUT2D eigenvalue weighted by Gasteiger charge is 2.25. The van der Waals surface area contributed by atoms with Crippen LogP contribution in [0.5, 0.6) is 0 Å². The Balaban J connectivity index is 2.40.